The number of nitrogens with zero attached hydrogens (tertiary/aromatic N) is 1. The fraction of sp³-hybridized carbons (Fsp3) is 0.875. The van der Waals surface area contributed by atoms with Crippen molar-refractivity contribution in [2.45, 2.75) is 72.1 Å². The third kappa shape index (κ3) is 9.46. The van der Waals surface area contributed by atoms with Gasteiger partial charge in [-0.3, -0.25) is 0 Å². The Labute approximate surface area is 148 Å². The van der Waals surface area contributed by atoms with Gasteiger partial charge in [0, 0.05) is 12.3 Å². The van der Waals surface area contributed by atoms with E-state index >= 15 is 0 Å². The fourth-order valence-electron chi connectivity index (χ4n) is 1.86. The van der Waals surface area contributed by atoms with Gasteiger partial charge in [-0.05, 0) is 47.3 Å². The molecule has 0 rings (SSSR count). The zero-order valence-electron chi connectivity index (χ0n) is 15.7. The molecule has 2 atom stereocenters. The molecule has 0 spiro atoms. The Morgan fingerprint density at radius 1 is 0.958 bits per heavy atom. The second-order valence-corrected chi connectivity index (χ2v) is 8.67. The molecule has 2 N–H and O–H groups in total. The Balaban J connectivity index is 5.63. The van der Waals surface area contributed by atoms with Crippen LogP contribution in [-0.2, 0) is 19.1 Å². The molecule has 8 heteroatoms. The molecule has 0 saturated heterocycles. The molecule has 0 fully saturated rings. The molecular weight excluding hydrogens is 334 g/mol. The minimum absolute atomic E-state index is 0.221. The quantitative estimate of drug-likeness (QED) is 0.450. The molecule has 0 aromatic rings. The van der Waals surface area contributed by atoms with Gasteiger partial charge in [0.2, 0.25) is 12.5 Å². The highest BCUT2D eigenvalue weighted by Gasteiger charge is 2.40. The van der Waals surface area contributed by atoms with E-state index in [-0.39, 0.29) is 6.54 Å². The van der Waals surface area contributed by atoms with Gasteiger partial charge in [-0.2, -0.15) is 11.8 Å². The number of ether oxygens (including phenoxy) is 2. The van der Waals surface area contributed by atoms with Gasteiger partial charge >= 0.3 is 11.9 Å². The summed E-state index contributed by atoms with van der Waals surface area (Å²) in [7, 11) is 0. The zero-order valence-corrected chi connectivity index (χ0v) is 16.5. The molecular formula is C16H31NO6S. The van der Waals surface area contributed by atoms with Crippen molar-refractivity contribution in [1.82, 2.24) is 4.90 Å². The molecule has 0 bridgehead atoms. The number of rotatable bonds is 10. The van der Waals surface area contributed by atoms with Crippen LogP contribution in [0.4, 0.5) is 0 Å². The molecule has 0 saturated carbocycles. The van der Waals surface area contributed by atoms with Crippen LogP contribution >= 0.6 is 11.8 Å². The monoisotopic (exact) mass is 365 g/mol. The van der Waals surface area contributed by atoms with Crippen molar-refractivity contribution in [2.24, 2.45) is 0 Å². The summed E-state index contributed by atoms with van der Waals surface area (Å²) in [4.78, 5) is 24.7. The molecule has 0 aliphatic carbocycles. The third-order valence-electron chi connectivity index (χ3n) is 2.65. The standard InChI is InChI=1S/C16H31NO6S/c1-8-24-10-9-17(11(13(18)19)22-15(2,3)4)12(14(20)21)23-16(5,6)7/h11-12H,8-10H2,1-7H3,(H,18,19)(H,20,21). The maximum absolute atomic E-state index is 11.7. The van der Waals surface area contributed by atoms with Crippen LogP contribution in [0.15, 0.2) is 0 Å². The number of thioether (sulfide) groups is 1. The normalized spacial score (nSPS) is 15.3. The molecule has 0 aromatic heterocycles. The van der Waals surface area contributed by atoms with Crippen LogP contribution in [0.2, 0.25) is 0 Å². The second-order valence-electron chi connectivity index (χ2n) is 7.28. The predicted molar refractivity (Wildman–Crippen MR) is 94.2 cm³/mol. The van der Waals surface area contributed by atoms with Crippen LogP contribution in [0.5, 0.6) is 0 Å². The number of carboxylic acids is 2. The van der Waals surface area contributed by atoms with E-state index < -0.39 is 35.6 Å². The van der Waals surface area contributed by atoms with Gasteiger partial charge in [-0.15, -0.1) is 0 Å². The lowest BCUT2D eigenvalue weighted by Crippen LogP contribution is -2.57. The highest BCUT2D eigenvalue weighted by molar-refractivity contribution is 7.99. The van der Waals surface area contributed by atoms with Crippen LogP contribution in [0, 0.1) is 0 Å². The molecule has 0 amide bonds. The number of carbonyl (C=O) groups is 2. The van der Waals surface area contributed by atoms with E-state index in [9.17, 15) is 19.8 Å². The van der Waals surface area contributed by atoms with Crippen molar-refractivity contribution < 1.29 is 29.3 Å². The maximum Gasteiger partial charge on any atom is 0.348 e. The number of aliphatic carboxylic acids is 2. The van der Waals surface area contributed by atoms with E-state index in [0.29, 0.717) is 5.75 Å². The molecule has 2 unspecified atom stereocenters. The SMILES string of the molecule is CCSCCN(C(OC(C)(C)C)C(=O)O)C(OC(C)(C)C)C(=O)O. The summed E-state index contributed by atoms with van der Waals surface area (Å²) in [5.41, 5.74) is -1.49. The van der Waals surface area contributed by atoms with Crippen LogP contribution in [0.3, 0.4) is 0 Å². The first-order valence-corrected chi connectivity index (χ1v) is 9.08. The van der Waals surface area contributed by atoms with Crippen molar-refractivity contribution in [3.63, 3.8) is 0 Å². The zero-order chi connectivity index (χ0) is 19.1. The van der Waals surface area contributed by atoms with Crippen molar-refractivity contribution in [3.8, 4) is 0 Å². The number of hydrogen-bond acceptors (Lipinski definition) is 6. The Morgan fingerprint density at radius 2 is 1.33 bits per heavy atom. The molecule has 24 heavy (non-hydrogen) atoms. The average Bonchev–Trinajstić information content (AvgIpc) is 2.37. The minimum atomic E-state index is -1.41. The summed E-state index contributed by atoms with van der Waals surface area (Å²) in [5.74, 6) is -1.06. The summed E-state index contributed by atoms with van der Waals surface area (Å²) >= 11 is 1.59. The summed E-state index contributed by atoms with van der Waals surface area (Å²) in [5, 5.41) is 19.1. The summed E-state index contributed by atoms with van der Waals surface area (Å²) < 4.78 is 11.2. The van der Waals surface area contributed by atoms with Crippen LogP contribution in [0.25, 0.3) is 0 Å². The van der Waals surface area contributed by atoms with Gasteiger partial charge in [0.25, 0.3) is 0 Å². The Hall–Kier alpha value is -0.830. The lowest BCUT2D eigenvalue weighted by molar-refractivity contribution is -0.226. The van der Waals surface area contributed by atoms with Crippen LogP contribution < -0.4 is 0 Å². The van der Waals surface area contributed by atoms with Gasteiger partial charge in [-0.1, -0.05) is 6.92 Å². The lowest BCUT2D eigenvalue weighted by Gasteiger charge is -2.38. The lowest BCUT2D eigenvalue weighted by atomic mass is 10.2. The van der Waals surface area contributed by atoms with E-state index in [1.165, 1.54) is 4.90 Å². The highest BCUT2D eigenvalue weighted by Crippen LogP contribution is 2.21. The van der Waals surface area contributed by atoms with E-state index in [1.807, 2.05) is 6.92 Å². The molecule has 7 nitrogen and oxygen atoms in total. The van der Waals surface area contributed by atoms with Gasteiger partial charge in [0.05, 0.1) is 11.2 Å². The van der Waals surface area contributed by atoms with Crippen LogP contribution in [0.1, 0.15) is 48.5 Å². The molecule has 0 aliphatic rings. The van der Waals surface area contributed by atoms with Gasteiger partial charge in [0.1, 0.15) is 0 Å². The van der Waals surface area contributed by atoms with Crippen molar-refractivity contribution in [2.75, 3.05) is 18.1 Å². The number of carboxylic acid groups (broad SMARTS) is 2. The first-order valence-electron chi connectivity index (χ1n) is 7.93. The fourth-order valence-corrected chi connectivity index (χ4v) is 2.49. The maximum atomic E-state index is 11.7. The van der Waals surface area contributed by atoms with E-state index in [4.69, 9.17) is 9.47 Å². The predicted octanol–water partition coefficient (Wildman–Crippen LogP) is 2.49. The van der Waals surface area contributed by atoms with Crippen molar-refractivity contribution in [1.29, 1.82) is 0 Å². The van der Waals surface area contributed by atoms with E-state index in [0.717, 1.165) is 5.75 Å². The number of hydrogen-bond donors (Lipinski definition) is 2. The average molecular weight is 365 g/mol. The van der Waals surface area contributed by atoms with Crippen molar-refractivity contribution in [3.05, 3.63) is 0 Å². The summed E-state index contributed by atoms with van der Waals surface area (Å²) in [6, 6.07) is 0. The summed E-state index contributed by atoms with van der Waals surface area (Å²) in [6.07, 6.45) is -2.82. The van der Waals surface area contributed by atoms with Crippen molar-refractivity contribution >= 4 is 23.7 Å². The van der Waals surface area contributed by atoms with Gasteiger partial charge < -0.3 is 19.7 Å². The first kappa shape index (κ1) is 23.2. The smallest absolute Gasteiger partial charge is 0.348 e. The molecule has 0 aliphatic heterocycles. The van der Waals surface area contributed by atoms with Gasteiger partial charge in [0.15, 0.2) is 0 Å². The molecule has 142 valence electrons. The highest BCUT2D eigenvalue weighted by atomic mass is 32.2. The topological polar surface area (TPSA) is 96.3 Å². The van der Waals surface area contributed by atoms with Crippen LogP contribution in [-0.4, -0.2) is 68.8 Å². The molecule has 0 radical (unpaired) electrons. The Morgan fingerprint density at radius 3 is 1.58 bits per heavy atom. The Bertz CT molecular complexity index is 382. The second kappa shape index (κ2) is 9.60. The molecule has 0 heterocycles. The first-order chi connectivity index (χ1) is 10.8. The Kier molecular flexibility index (Phi) is 9.27. The van der Waals surface area contributed by atoms with Gasteiger partial charge in [-0.25, -0.2) is 14.5 Å². The van der Waals surface area contributed by atoms with E-state index in [2.05, 4.69) is 0 Å². The third-order valence-corrected chi connectivity index (χ3v) is 3.53. The molecule has 0 aromatic carbocycles. The van der Waals surface area contributed by atoms with E-state index in [1.54, 1.807) is 53.3 Å². The largest absolute Gasteiger partial charge is 0.478 e. The summed E-state index contributed by atoms with van der Waals surface area (Å²) in [6.45, 7) is 12.5. The minimum Gasteiger partial charge on any atom is -0.478 e.